The van der Waals surface area contributed by atoms with E-state index >= 15 is 0 Å². The van der Waals surface area contributed by atoms with E-state index in [-0.39, 0.29) is 30.6 Å². The molecular formula is C12H17N3O4. The summed E-state index contributed by atoms with van der Waals surface area (Å²) in [6.45, 7) is 3.77. The first-order valence-electron chi connectivity index (χ1n) is 5.86. The third-order valence-corrected chi connectivity index (χ3v) is 2.52. The summed E-state index contributed by atoms with van der Waals surface area (Å²) >= 11 is 0. The Bertz CT molecular complexity index is 445. The predicted molar refractivity (Wildman–Crippen MR) is 67.0 cm³/mol. The molecule has 1 heterocycles. The summed E-state index contributed by atoms with van der Waals surface area (Å²) in [6, 6.07) is 2.93. The van der Waals surface area contributed by atoms with Crippen LogP contribution in [0.15, 0.2) is 12.1 Å². The largest absolute Gasteiger partial charge is 0.481 e. The van der Waals surface area contributed by atoms with Crippen LogP contribution in [0.5, 0.6) is 5.88 Å². The fourth-order valence-electron chi connectivity index (χ4n) is 1.50. The average molecular weight is 267 g/mol. The lowest BCUT2D eigenvalue weighted by molar-refractivity contribution is -0.137. The van der Waals surface area contributed by atoms with Gasteiger partial charge in [0.25, 0.3) is 5.91 Å². The second-order valence-corrected chi connectivity index (χ2v) is 4.20. The maximum absolute atomic E-state index is 12.2. The normalized spacial score (nSPS) is 10.3. The van der Waals surface area contributed by atoms with Crippen LogP contribution in [0.1, 0.15) is 30.8 Å². The van der Waals surface area contributed by atoms with Crippen molar-refractivity contribution in [1.82, 2.24) is 15.1 Å². The third kappa shape index (κ3) is 4.20. The Morgan fingerprint density at radius 3 is 2.47 bits per heavy atom. The van der Waals surface area contributed by atoms with Crippen molar-refractivity contribution in [3.8, 4) is 5.88 Å². The van der Waals surface area contributed by atoms with Gasteiger partial charge < -0.3 is 14.7 Å². The number of carboxylic acids is 1. The molecule has 0 saturated carbocycles. The van der Waals surface area contributed by atoms with Gasteiger partial charge in [-0.2, -0.15) is 0 Å². The zero-order valence-electron chi connectivity index (χ0n) is 11.2. The summed E-state index contributed by atoms with van der Waals surface area (Å²) in [6.07, 6.45) is -0.104. The number of hydrogen-bond donors (Lipinski definition) is 1. The smallest absolute Gasteiger partial charge is 0.305 e. The number of carbonyl (C=O) groups excluding carboxylic acids is 1. The van der Waals surface area contributed by atoms with E-state index in [9.17, 15) is 9.59 Å². The Balaban J connectivity index is 2.82. The summed E-state index contributed by atoms with van der Waals surface area (Å²) < 4.78 is 4.86. The fraction of sp³-hybridized carbons (Fsp3) is 0.500. The van der Waals surface area contributed by atoms with Crippen molar-refractivity contribution < 1.29 is 19.4 Å². The Hall–Kier alpha value is -2.18. The molecule has 0 unspecified atom stereocenters. The van der Waals surface area contributed by atoms with Crippen molar-refractivity contribution >= 4 is 11.9 Å². The molecule has 1 rings (SSSR count). The van der Waals surface area contributed by atoms with E-state index in [1.54, 1.807) is 0 Å². The first-order chi connectivity index (χ1) is 8.95. The van der Waals surface area contributed by atoms with E-state index in [1.807, 2.05) is 13.8 Å². The molecule has 1 aromatic rings. The number of aliphatic carboxylic acids is 1. The quantitative estimate of drug-likeness (QED) is 0.820. The summed E-state index contributed by atoms with van der Waals surface area (Å²) in [5, 5.41) is 16.2. The van der Waals surface area contributed by atoms with E-state index in [0.29, 0.717) is 5.88 Å². The predicted octanol–water partition coefficient (Wildman–Crippen LogP) is 0.810. The summed E-state index contributed by atoms with van der Waals surface area (Å²) in [7, 11) is 1.46. The Kier molecular flexibility index (Phi) is 5.23. The van der Waals surface area contributed by atoms with Gasteiger partial charge in [0, 0.05) is 18.7 Å². The van der Waals surface area contributed by atoms with Crippen molar-refractivity contribution in [2.24, 2.45) is 0 Å². The molecule has 0 aliphatic carbocycles. The van der Waals surface area contributed by atoms with E-state index < -0.39 is 5.97 Å². The third-order valence-electron chi connectivity index (χ3n) is 2.52. The fourth-order valence-corrected chi connectivity index (χ4v) is 1.50. The summed E-state index contributed by atoms with van der Waals surface area (Å²) in [5.41, 5.74) is 0.167. The number of ether oxygens (including phenoxy) is 1. The van der Waals surface area contributed by atoms with Gasteiger partial charge in [-0.25, -0.2) is 0 Å². The van der Waals surface area contributed by atoms with Crippen LogP contribution in [0, 0.1) is 0 Å². The molecule has 7 nitrogen and oxygen atoms in total. The van der Waals surface area contributed by atoms with E-state index in [2.05, 4.69) is 10.2 Å². The molecule has 0 aliphatic rings. The maximum Gasteiger partial charge on any atom is 0.305 e. The minimum absolute atomic E-state index is 0.104. The molecule has 0 saturated heterocycles. The number of hydrogen-bond acceptors (Lipinski definition) is 5. The van der Waals surface area contributed by atoms with Crippen LogP contribution >= 0.6 is 0 Å². The maximum atomic E-state index is 12.2. The lowest BCUT2D eigenvalue weighted by Gasteiger charge is -2.25. The van der Waals surface area contributed by atoms with Gasteiger partial charge in [0.2, 0.25) is 5.88 Å². The monoisotopic (exact) mass is 267 g/mol. The standard InChI is InChI=1S/C12H17N3O4/c1-8(2)15(7-6-11(16)17)12(18)9-4-5-10(19-3)14-13-9/h4-5,8H,6-7H2,1-3H3,(H,16,17). The number of nitrogens with zero attached hydrogens (tertiary/aromatic N) is 3. The lowest BCUT2D eigenvalue weighted by Crippen LogP contribution is -2.39. The highest BCUT2D eigenvalue weighted by molar-refractivity contribution is 5.92. The van der Waals surface area contributed by atoms with Gasteiger partial charge in [0.05, 0.1) is 13.5 Å². The second kappa shape index (κ2) is 6.67. The van der Waals surface area contributed by atoms with Gasteiger partial charge in [-0.3, -0.25) is 9.59 Å². The summed E-state index contributed by atoms with van der Waals surface area (Å²) in [5.74, 6) is -0.969. The van der Waals surface area contributed by atoms with Crippen molar-refractivity contribution in [3.05, 3.63) is 17.8 Å². The van der Waals surface area contributed by atoms with E-state index in [1.165, 1.54) is 24.1 Å². The molecular weight excluding hydrogens is 250 g/mol. The molecule has 1 amide bonds. The molecule has 19 heavy (non-hydrogen) atoms. The molecule has 0 fully saturated rings. The van der Waals surface area contributed by atoms with Gasteiger partial charge in [0.1, 0.15) is 0 Å². The molecule has 1 N–H and O–H groups in total. The van der Waals surface area contributed by atoms with Gasteiger partial charge in [-0.05, 0) is 19.9 Å². The van der Waals surface area contributed by atoms with Crippen LogP contribution in [0.3, 0.4) is 0 Å². The van der Waals surface area contributed by atoms with Crippen LogP contribution in [0.2, 0.25) is 0 Å². The molecule has 0 aliphatic heterocycles. The number of methoxy groups -OCH3 is 1. The van der Waals surface area contributed by atoms with Crippen molar-refractivity contribution in [3.63, 3.8) is 0 Å². The average Bonchev–Trinajstić information content (AvgIpc) is 2.38. The van der Waals surface area contributed by atoms with Crippen LogP contribution in [-0.2, 0) is 4.79 Å². The zero-order chi connectivity index (χ0) is 14.4. The SMILES string of the molecule is COc1ccc(C(=O)N(CCC(=O)O)C(C)C)nn1. The second-order valence-electron chi connectivity index (χ2n) is 4.20. The number of carboxylic acid groups (broad SMARTS) is 1. The van der Waals surface area contributed by atoms with Crippen molar-refractivity contribution in [2.75, 3.05) is 13.7 Å². The lowest BCUT2D eigenvalue weighted by atomic mass is 10.2. The first-order valence-corrected chi connectivity index (χ1v) is 5.86. The van der Waals surface area contributed by atoms with Crippen LogP contribution < -0.4 is 4.74 Å². The number of rotatable bonds is 6. The Labute approximate surface area is 111 Å². The van der Waals surface area contributed by atoms with Gasteiger partial charge in [-0.15, -0.1) is 10.2 Å². The number of aromatic nitrogens is 2. The zero-order valence-corrected chi connectivity index (χ0v) is 11.2. The number of carbonyl (C=O) groups is 2. The van der Waals surface area contributed by atoms with Crippen LogP contribution in [-0.4, -0.2) is 51.8 Å². The van der Waals surface area contributed by atoms with Gasteiger partial charge in [0.15, 0.2) is 5.69 Å². The minimum Gasteiger partial charge on any atom is -0.481 e. The highest BCUT2D eigenvalue weighted by atomic mass is 16.5. The van der Waals surface area contributed by atoms with E-state index in [0.717, 1.165) is 0 Å². The molecule has 7 heteroatoms. The molecule has 104 valence electrons. The summed E-state index contributed by atoms with van der Waals surface area (Å²) in [4.78, 5) is 24.2. The molecule has 0 atom stereocenters. The highest BCUT2D eigenvalue weighted by Gasteiger charge is 2.21. The molecule has 0 radical (unpaired) electrons. The number of amides is 1. The van der Waals surface area contributed by atoms with Crippen molar-refractivity contribution in [2.45, 2.75) is 26.3 Å². The Morgan fingerprint density at radius 1 is 1.37 bits per heavy atom. The van der Waals surface area contributed by atoms with Gasteiger partial charge in [-0.1, -0.05) is 0 Å². The first kappa shape index (κ1) is 14.9. The topological polar surface area (TPSA) is 92.6 Å². The minimum atomic E-state index is -0.945. The van der Waals surface area contributed by atoms with Gasteiger partial charge >= 0.3 is 5.97 Å². The molecule has 0 bridgehead atoms. The molecule has 0 spiro atoms. The van der Waals surface area contributed by atoms with Crippen LogP contribution in [0.4, 0.5) is 0 Å². The van der Waals surface area contributed by atoms with Crippen molar-refractivity contribution in [1.29, 1.82) is 0 Å². The highest BCUT2D eigenvalue weighted by Crippen LogP contribution is 2.09. The molecule has 0 aromatic carbocycles. The molecule has 1 aromatic heterocycles. The van der Waals surface area contributed by atoms with Crippen LogP contribution in [0.25, 0.3) is 0 Å². The van der Waals surface area contributed by atoms with E-state index in [4.69, 9.17) is 9.84 Å². The Morgan fingerprint density at radius 2 is 2.05 bits per heavy atom.